The summed E-state index contributed by atoms with van der Waals surface area (Å²) >= 11 is 1.96. The molecule has 0 rings (SSSR count). The van der Waals surface area contributed by atoms with E-state index in [1.54, 1.807) is 0 Å². The average Bonchev–Trinajstić information content (AvgIpc) is 2.21. The second-order valence-corrected chi connectivity index (χ2v) is 5.61. The van der Waals surface area contributed by atoms with E-state index in [9.17, 15) is 0 Å². The third-order valence-electron chi connectivity index (χ3n) is 2.93. The second-order valence-electron chi connectivity index (χ2n) is 4.62. The number of nitrogens with one attached hydrogen (secondary N) is 1. The molecule has 0 aromatic heterocycles. The summed E-state index contributed by atoms with van der Waals surface area (Å²) in [5.41, 5.74) is 0. The highest BCUT2D eigenvalue weighted by Gasteiger charge is 2.08. The Kier molecular flexibility index (Phi) is 11.0. The number of thioether (sulfide) groups is 1. The monoisotopic (exact) mass is 231 g/mol. The van der Waals surface area contributed by atoms with Crippen LogP contribution in [0.1, 0.15) is 52.9 Å². The molecular weight excluding hydrogens is 202 g/mol. The van der Waals surface area contributed by atoms with Crippen molar-refractivity contribution in [3.05, 3.63) is 0 Å². The van der Waals surface area contributed by atoms with Crippen molar-refractivity contribution in [2.24, 2.45) is 5.92 Å². The first kappa shape index (κ1) is 15.3. The van der Waals surface area contributed by atoms with Gasteiger partial charge in [-0.2, -0.15) is 11.8 Å². The van der Waals surface area contributed by atoms with E-state index in [1.807, 2.05) is 11.8 Å². The van der Waals surface area contributed by atoms with Crippen LogP contribution in [-0.4, -0.2) is 24.6 Å². The van der Waals surface area contributed by atoms with Gasteiger partial charge in [0.1, 0.15) is 0 Å². The Morgan fingerprint density at radius 1 is 1.07 bits per heavy atom. The molecule has 0 aliphatic carbocycles. The highest BCUT2D eigenvalue weighted by Crippen LogP contribution is 2.07. The van der Waals surface area contributed by atoms with Gasteiger partial charge in [0.2, 0.25) is 0 Å². The van der Waals surface area contributed by atoms with Gasteiger partial charge in [0.05, 0.1) is 0 Å². The fourth-order valence-electron chi connectivity index (χ4n) is 1.86. The van der Waals surface area contributed by atoms with Crippen LogP contribution in [0.25, 0.3) is 0 Å². The summed E-state index contributed by atoms with van der Waals surface area (Å²) in [6.07, 6.45) is 8.98. The maximum atomic E-state index is 3.65. The number of unbranched alkanes of at least 4 members (excludes halogenated alkanes) is 3. The average molecular weight is 231 g/mol. The molecule has 0 heterocycles. The van der Waals surface area contributed by atoms with Gasteiger partial charge in [0.15, 0.2) is 0 Å². The maximum absolute atomic E-state index is 3.65. The fourth-order valence-corrected chi connectivity index (χ4v) is 2.36. The smallest absolute Gasteiger partial charge is 0.00874 e. The van der Waals surface area contributed by atoms with Crippen LogP contribution in [0.5, 0.6) is 0 Å². The molecule has 0 aromatic carbocycles. The lowest BCUT2D eigenvalue weighted by Crippen LogP contribution is -2.33. The van der Waals surface area contributed by atoms with Crippen molar-refractivity contribution >= 4 is 11.8 Å². The first-order valence-corrected chi connectivity index (χ1v) is 7.84. The first-order chi connectivity index (χ1) is 7.22. The van der Waals surface area contributed by atoms with Crippen LogP contribution >= 0.6 is 11.8 Å². The molecule has 0 saturated carbocycles. The molecule has 92 valence electrons. The van der Waals surface area contributed by atoms with Crippen molar-refractivity contribution in [3.8, 4) is 0 Å². The molecule has 1 nitrogen and oxygen atoms in total. The molecule has 0 radical (unpaired) electrons. The van der Waals surface area contributed by atoms with E-state index in [1.165, 1.54) is 44.4 Å². The lowest BCUT2D eigenvalue weighted by molar-refractivity contribution is 0.384. The quantitative estimate of drug-likeness (QED) is 0.572. The molecule has 0 fully saturated rings. The SMILES string of the molecule is CCC(NCCCCCCSC)C(C)C. The van der Waals surface area contributed by atoms with E-state index in [0.29, 0.717) is 0 Å². The zero-order valence-electron chi connectivity index (χ0n) is 11.0. The van der Waals surface area contributed by atoms with Gasteiger partial charge in [-0.1, -0.05) is 33.6 Å². The van der Waals surface area contributed by atoms with Gasteiger partial charge in [-0.05, 0) is 43.7 Å². The topological polar surface area (TPSA) is 12.0 Å². The summed E-state index contributed by atoms with van der Waals surface area (Å²) in [4.78, 5) is 0. The largest absolute Gasteiger partial charge is 0.314 e. The Labute approximate surface area is 101 Å². The summed E-state index contributed by atoms with van der Waals surface area (Å²) < 4.78 is 0. The van der Waals surface area contributed by atoms with Crippen LogP contribution in [0.15, 0.2) is 0 Å². The van der Waals surface area contributed by atoms with E-state index in [-0.39, 0.29) is 0 Å². The zero-order chi connectivity index (χ0) is 11.5. The summed E-state index contributed by atoms with van der Waals surface area (Å²) in [5, 5.41) is 3.65. The predicted molar refractivity (Wildman–Crippen MR) is 73.8 cm³/mol. The van der Waals surface area contributed by atoms with Crippen molar-refractivity contribution < 1.29 is 0 Å². The van der Waals surface area contributed by atoms with E-state index in [2.05, 4.69) is 32.3 Å². The van der Waals surface area contributed by atoms with Crippen molar-refractivity contribution in [3.63, 3.8) is 0 Å². The van der Waals surface area contributed by atoms with Gasteiger partial charge in [0, 0.05) is 6.04 Å². The van der Waals surface area contributed by atoms with Crippen molar-refractivity contribution in [2.75, 3.05) is 18.6 Å². The summed E-state index contributed by atoms with van der Waals surface area (Å²) in [5.74, 6) is 2.10. The Morgan fingerprint density at radius 2 is 1.73 bits per heavy atom. The Hall–Kier alpha value is 0.310. The van der Waals surface area contributed by atoms with Crippen LogP contribution in [0.2, 0.25) is 0 Å². The van der Waals surface area contributed by atoms with Crippen molar-refractivity contribution in [1.82, 2.24) is 5.32 Å². The Bertz CT molecular complexity index is 126. The van der Waals surface area contributed by atoms with Crippen LogP contribution in [0, 0.1) is 5.92 Å². The molecule has 0 saturated heterocycles. The zero-order valence-corrected chi connectivity index (χ0v) is 11.8. The summed E-state index contributed by atoms with van der Waals surface area (Å²) in [7, 11) is 0. The molecule has 15 heavy (non-hydrogen) atoms. The van der Waals surface area contributed by atoms with E-state index in [4.69, 9.17) is 0 Å². The molecule has 0 aromatic rings. The van der Waals surface area contributed by atoms with Gasteiger partial charge >= 0.3 is 0 Å². The molecule has 1 N–H and O–H groups in total. The van der Waals surface area contributed by atoms with Gasteiger partial charge in [-0.25, -0.2) is 0 Å². The molecule has 0 bridgehead atoms. The molecule has 0 amide bonds. The minimum absolute atomic E-state index is 0.719. The highest BCUT2D eigenvalue weighted by molar-refractivity contribution is 7.98. The van der Waals surface area contributed by atoms with Crippen LogP contribution in [-0.2, 0) is 0 Å². The van der Waals surface area contributed by atoms with Gasteiger partial charge in [0.25, 0.3) is 0 Å². The van der Waals surface area contributed by atoms with Crippen LogP contribution in [0.3, 0.4) is 0 Å². The van der Waals surface area contributed by atoms with Crippen molar-refractivity contribution in [1.29, 1.82) is 0 Å². The van der Waals surface area contributed by atoms with E-state index in [0.717, 1.165) is 12.0 Å². The van der Waals surface area contributed by atoms with Crippen LogP contribution in [0.4, 0.5) is 0 Å². The molecule has 0 spiro atoms. The molecular formula is C13H29NS. The van der Waals surface area contributed by atoms with Crippen LogP contribution < -0.4 is 5.32 Å². The predicted octanol–water partition coefficient (Wildman–Crippen LogP) is 3.93. The lowest BCUT2D eigenvalue weighted by Gasteiger charge is -2.20. The molecule has 1 unspecified atom stereocenters. The van der Waals surface area contributed by atoms with Gasteiger partial charge in [-0.15, -0.1) is 0 Å². The highest BCUT2D eigenvalue weighted by atomic mass is 32.2. The lowest BCUT2D eigenvalue weighted by atomic mass is 10.0. The molecule has 0 aliphatic heterocycles. The standard InChI is InChI=1S/C13H29NS/c1-5-13(12(2)3)14-10-8-6-7-9-11-15-4/h12-14H,5-11H2,1-4H3. The maximum Gasteiger partial charge on any atom is 0.00874 e. The summed E-state index contributed by atoms with van der Waals surface area (Å²) in [6, 6.07) is 0.719. The third kappa shape index (κ3) is 9.25. The number of hydrogen-bond acceptors (Lipinski definition) is 2. The molecule has 1 atom stereocenters. The minimum atomic E-state index is 0.719. The number of hydrogen-bond donors (Lipinski definition) is 1. The first-order valence-electron chi connectivity index (χ1n) is 6.44. The normalized spacial score (nSPS) is 13.4. The van der Waals surface area contributed by atoms with Crippen molar-refractivity contribution in [2.45, 2.75) is 58.9 Å². The number of rotatable bonds is 10. The molecule has 0 aliphatic rings. The van der Waals surface area contributed by atoms with E-state index < -0.39 is 0 Å². The second kappa shape index (κ2) is 10.8. The van der Waals surface area contributed by atoms with E-state index >= 15 is 0 Å². The summed E-state index contributed by atoms with van der Waals surface area (Å²) in [6.45, 7) is 8.09. The Morgan fingerprint density at radius 3 is 2.27 bits per heavy atom. The van der Waals surface area contributed by atoms with Gasteiger partial charge < -0.3 is 5.32 Å². The third-order valence-corrected chi connectivity index (χ3v) is 3.62. The van der Waals surface area contributed by atoms with Gasteiger partial charge in [-0.3, -0.25) is 0 Å². The minimum Gasteiger partial charge on any atom is -0.314 e. The Balaban J connectivity index is 3.22. The fraction of sp³-hybridized carbons (Fsp3) is 1.00. The molecule has 2 heteroatoms.